The third kappa shape index (κ3) is 3.13. The van der Waals surface area contributed by atoms with Crippen LogP contribution in [0.5, 0.6) is 0 Å². The van der Waals surface area contributed by atoms with Crippen LogP contribution in [0.25, 0.3) is 5.69 Å². The van der Waals surface area contributed by atoms with Crippen molar-refractivity contribution in [3.63, 3.8) is 0 Å². The Kier molecular flexibility index (Phi) is 3.88. The van der Waals surface area contributed by atoms with Crippen LogP contribution in [-0.2, 0) is 0 Å². The minimum absolute atomic E-state index is 0.234. The summed E-state index contributed by atoms with van der Waals surface area (Å²) >= 11 is 0. The van der Waals surface area contributed by atoms with E-state index in [0.29, 0.717) is 5.92 Å². The molecule has 0 radical (unpaired) electrons. The van der Waals surface area contributed by atoms with Crippen LogP contribution in [0.15, 0.2) is 24.4 Å². The molecule has 0 saturated carbocycles. The van der Waals surface area contributed by atoms with Gasteiger partial charge in [0.1, 0.15) is 5.82 Å². The summed E-state index contributed by atoms with van der Waals surface area (Å²) in [6, 6.07) is 4.80. The van der Waals surface area contributed by atoms with Gasteiger partial charge in [-0.1, -0.05) is 19.9 Å². The molecular weight excluding hydrogens is 241 g/mol. The molecule has 0 aliphatic rings. The summed E-state index contributed by atoms with van der Waals surface area (Å²) in [5, 5.41) is 3.31. The van der Waals surface area contributed by atoms with Crippen molar-refractivity contribution in [2.24, 2.45) is 5.92 Å². The molecule has 0 bridgehead atoms. The van der Waals surface area contributed by atoms with Crippen LogP contribution in [0, 0.1) is 25.6 Å². The monoisotopic (exact) mass is 261 g/mol. The average Bonchev–Trinajstić information content (AvgIpc) is 2.71. The highest BCUT2D eigenvalue weighted by atomic mass is 19.1. The Morgan fingerprint density at radius 2 is 2.05 bits per heavy atom. The smallest absolute Gasteiger partial charge is 0.207 e. The Morgan fingerprint density at radius 3 is 2.74 bits per heavy atom. The highest BCUT2D eigenvalue weighted by Gasteiger charge is 2.10. The van der Waals surface area contributed by atoms with Crippen molar-refractivity contribution in [3.05, 3.63) is 41.5 Å². The quantitative estimate of drug-likeness (QED) is 0.909. The molecule has 3 nitrogen and oxygen atoms in total. The van der Waals surface area contributed by atoms with E-state index in [1.807, 2.05) is 24.6 Å². The fraction of sp³-hybridized carbons (Fsp3) is 0.400. The molecule has 0 aliphatic heterocycles. The summed E-state index contributed by atoms with van der Waals surface area (Å²) in [4.78, 5) is 4.46. The van der Waals surface area contributed by atoms with Gasteiger partial charge in [-0.3, -0.25) is 4.57 Å². The maximum atomic E-state index is 13.4. The van der Waals surface area contributed by atoms with Gasteiger partial charge in [0, 0.05) is 12.7 Å². The molecule has 2 rings (SSSR count). The molecule has 102 valence electrons. The van der Waals surface area contributed by atoms with Crippen molar-refractivity contribution in [1.29, 1.82) is 0 Å². The number of halogens is 1. The molecule has 0 saturated heterocycles. The zero-order chi connectivity index (χ0) is 14.0. The lowest BCUT2D eigenvalue weighted by Crippen LogP contribution is -2.12. The van der Waals surface area contributed by atoms with Crippen LogP contribution >= 0.6 is 0 Å². The standard InChI is InChI=1S/C15H20FN3/c1-10(2)8-17-15-18-12(4)9-19(15)14-7-13(16)6-5-11(14)3/h5-7,9-10H,8H2,1-4H3,(H,17,18). The number of nitrogens with zero attached hydrogens (tertiary/aromatic N) is 2. The molecule has 0 amide bonds. The molecular formula is C15H20FN3. The Balaban J connectivity index is 2.40. The van der Waals surface area contributed by atoms with Crippen molar-refractivity contribution < 1.29 is 4.39 Å². The van der Waals surface area contributed by atoms with Crippen LogP contribution in [0.2, 0.25) is 0 Å². The Morgan fingerprint density at radius 1 is 1.32 bits per heavy atom. The van der Waals surface area contributed by atoms with Gasteiger partial charge in [0.05, 0.1) is 11.4 Å². The molecule has 1 N–H and O–H groups in total. The molecule has 1 heterocycles. The summed E-state index contributed by atoms with van der Waals surface area (Å²) < 4.78 is 15.3. The van der Waals surface area contributed by atoms with E-state index in [1.54, 1.807) is 6.07 Å². The average molecular weight is 261 g/mol. The van der Waals surface area contributed by atoms with E-state index in [1.165, 1.54) is 12.1 Å². The normalized spacial score (nSPS) is 11.1. The highest BCUT2D eigenvalue weighted by molar-refractivity contribution is 5.48. The van der Waals surface area contributed by atoms with Gasteiger partial charge in [-0.05, 0) is 37.5 Å². The lowest BCUT2D eigenvalue weighted by molar-refractivity contribution is 0.626. The van der Waals surface area contributed by atoms with Gasteiger partial charge in [-0.15, -0.1) is 0 Å². The molecule has 1 aromatic heterocycles. The fourth-order valence-corrected chi connectivity index (χ4v) is 1.94. The molecule has 1 aromatic carbocycles. The van der Waals surface area contributed by atoms with Gasteiger partial charge in [0.2, 0.25) is 5.95 Å². The lowest BCUT2D eigenvalue weighted by atomic mass is 10.2. The van der Waals surface area contributed by atoms with Gasteiger partial charge in [-0.2, -0.15) is 0 Å². The van der Waals surface area contributed by atoms with Gasteiger partial charge >= 0.3 is 0 Å². The summed E-state index contributed by atoms with van der Waals surface area (Å²) in [5.74, 6) is 1.06. The number of aromatic nitrogens is 2. The molecule has 0 atom stereocenters. The second-order valence-corrected chi connectivity index (χ2v) is 5.28. The van der Waals surface area contributed by atoms with E-state index >= 15 is 0 Å². The first-order valence-electron chi connectivity index (χ1n) is 6.53. The zero-order valence-electron chi connectivity index (χ0n) is 11.9. The lowest BCUT2D eigenvalue weighted by Gasteiger charge is -2.13. The van der Waals surface area contributed by atoms with Gasteiger partial charge < -0.3 is 5.32 Å². The highest BCUT2D eigenvalue weighted by Crippen LogP contribution is 2.21. The predicted molar refractivity (Wildman–Crippen MR) is 76.3 cm³/mol. The van der Waals surface area contributed by atoms with E-state index in [2.05, 4.69) is 24.1 Å². The van der Waals surface area contributed by atoms with Crippen LogP contribution in [0.1, 0.15) is 25.1 Å². The first kappa shape index (κ1) is 13.6. The number of hydrogen-bond acceptors (Lipinski definition) is 2. The van der Waals surface area contributed by atoms with E-state index < -0.39 is 0 Å². The number of hydrogen-bond donors (Lipinski definition) is 1. The largest absolute Gasteiger partial charge is 0.355 e. The SMILES string of the molecule is Cc1cn(-c2cc(F)ccc2C)c(NCC(C)C)n1. The number of benzene rings is 1. The zero-order valence-corrected chi connectivity index (χ0v) is 11.9. The molecule has 0 spiro atoms. The van der Waals surface area contributed by atoms with Crippen molar-refractivity contribution in [3.8, 4) is 5.69 Å². The minimum atomic E-state index is -0.234. The number of imidazole rings is 1. The van der Waals surface area contributed by atoms with Gasteiger partial charge in [0.15, 0.2) is 0 Å². The molecule has 0 fully saturated rings. The van der Waals surface area contributed by atoms with Crippen molar-refractivity contribution >= 4 is 5.95 Å². The minimum Gasteiger partial charge on any atom is -0.355 e. The van der Waals surface area contributed by atoms with E-state index in [4.69, 9.17) is 0 Å². The Hall–Kier alpha value is -1.84. The summed E-state index contributed by atoms with van der Waals surface area (Å²) in [6.45, 7) is 9.02. The number of rotatable bonds is 4. The van der Waals surface area contributed by atoms with Gasteiger partial charge in [0.25, 0.3) is 0 Å². The summed E-state index contributed by atoms with van der Waals surface area (Å²) in [7, 11) is 0. The second-order valence-electron chi connectivity index (χ2n) is 5.28. The molecule has 0 aliphatic carbocycles. The number of aryl methyl sites for hydroxylation is 2. The van der Waals surface area contributed by atoms with E-state index in [-0.39, 0.29) is 5.82 Å². The van der Waals surface area contributed by atoms with Gasteiger partial charge in [-0.25, -0.2) is 9.37 Å². The third-order valence-electron chi connectivity index (χ3n) is 2.93. The maximum Gasteiger partial charge on any atom is 0.207 e. The van der Waals surface area contributed by atoms with Crippen molar-refractivity contribution in [2.75, 3.05) is 11.9 Å². The molecule has 19 heavy (non-hydrogen) atoms. The fourth-order valence-electron chi connectivity index (χ4n) is 1.94. The second kappa shape index (κ2) is 5.43. The van der Waals surface area contributed by atoms with Crippen LogP contribution in [0.4, 0.5) is 10.3 Å². The summed E-state index contributed by atoms with van der Waals surface area (Å²) in [6.07, 6.45) is 1.92. The Labute approximate surface area is 113 Å². The van der Waals surface area contributed by atoms with Crippen LogP contribution < -0.4 is 5.32 Å². The summed E-state index contributed by atoms with van der Waals surface area (Å²) in [5.41, 5.74) is 2.76. The van der Waals surface area contributed by atoms with Crippen LogP contribution in [0.3, 0.4) is 0 Å². The predicted octanol–water partition coefficient (Wildman–Crippen LogP) is 3.70. The number of nitrogens with one attached hydrogen (secondary N) is 1. The Bertz CT molecular complexity index is 573. The number of anilines is 1. The topological polar surface area (TPSA) is 29.9 Å². The molecule has 2 aromatic rings. The van der Waals surface area contributed by atoms with E-state index in [0.717, 1.165) is 29.4 Å². The van der Waals surface area contributed by atoms with Crippen LogP contribution in [-0.4, -0.2) is 16.1 Å². The molecule has 0 unspecified atom stereocenters. The first-order valence-corrected chi connectivity index (χ1v) is 6.53. The van der Waals surface area contributed by atoms with E-state index in [9.17, 15) is 4.39 Å². The van der Waals surface area contributed by atoms with Crippen molar-refractivity contribution in [1.82, 2.24) is 9.55 Å². The maximum absolute atomic E-state index is 13.4. The third-order valence-corrected chi connectivity index (χ3v) is 2.93. The van der Waals surface area contributed by atoms with Crippen molar-refractivity contribution in [2.45, 2.75) is 27.7 Å². The first-order chi connectivity index (χ1) is 8.97. The molecule has 4 heteroatoms.